The van der Waals surface area contributed by atoms with E-state index in [1.165, 1.54) is 0 Å². The first-order valence-corrected chi connectivity index (χ1v) is 10.8. The predicted molar refractivity (Wildman–Crippen MR) is 114 cm³/mol. The average Bonchev–Trinajstić information content (AvgIpc) is 3.38. The van der Waals surface area contributed by atoms with E-state index in [-0.39, 0.29) is 12.5 Å². The monoisotopic (exact) mass is 455 g/mol. The number of carbonyl (C=O) groups excluding carboxylic acids is 1. The van der Waals surface area contributed by atoms with Crippen LogP contribution in [0.2, 0.25) is 0 Å². The quantitative estimate of drug-likeness (QED) is 0.627. The molecule has 2 aromatic carbocycles. The smallest absolute Gasteiger partial charge is 0.407 e. The Morgan fingerprint density at radius 1 is 1.06 bits per heavy atom. The number of aliphatic hydroxyl groups excluding tert-OH is 1. The molecule has 0 radical (unpaired) electrons. The van der Waals surface area contributed by atoms with Crippen molar-refractivity contribution in [3.05, 3.63) is 59.7 Å². The zero-order valence-corrected chi connectivity index (χ0v) is 18.1. The number of aliphatic carboxylic acids is 1. The van der Waals surface area contributed by atoms with Crippen LogP contribution < -0.4 is 5.32 Å². The number of carbonyl (C=O) groups is 2. The molecule has 0 bridgehead atoms. The van der Waals surface area contributed by atoms with Gasteiger partial charge in [-0.05, 0) is 36.1 Å². The maximum absolute atomic E-state index is 12.8. The SMILES string of the molecule is CC1(C)O[C@H]2O[C@H]([C@H](O)C(=O)O)[C@@H](NC(=O)OCC3c4ccccc4-c4ccccc43)[C@H]2O1. The molecule has 9 nitrogen and oxygen atoms in total. The van der Waals surface area contributed by atoms with E-state index in [1.807, 2.05) is 48.5 Å². The molecule has 2 aromatic rings. The fourth-order valence-electron chi connectivity index (χ4n) is 4.88. The van der Waals surface area contributed by atoms with Gasteiger partial charge >= 0.3 is 12.1 Å². The third kappa shape index (κ3) is 3.87. The van der Waals surface area contributed by atoms with Gasteiger partial charge in [-0.25, -0.2) is 9.59 Å². The van der Waals surface area contributed by atoms with Crippen LogP contribution in [0.15, 0.2) is 48.5 Å². The molecule has 2 heterocycles. The van der Waals surface area contributed by atoms with Crippen molar-refractivity contribution < 1.29 is 38.7 Å². The molecule has 0 spiro atoms. The first kappa shape index (κ1) is 21.8. The maximum atomic E-state index is 12.8. The highest BCUT2D eigenvalue weighted by molar-refractivity contribution is 5.79. The summed E-state index contributed by atoms with van der Waals surface area (Å²) in [6.07, 6.45) is -5.60. The van der Waals surface area contributed by atoms with Crippen LogP contribution in [0.3, 0.4) is 0 Å². The van der Waals surface area contributed by atoms with Gasteiger partial charge in [0.05, 0.1) is 6.04 Å². The number of fused-ring (bicyclic) bond motifs is 4. The standard InChI is InChI=1S/C24H25NO8/c1-24(2)32-20-17(19(18(26)21(27)28)31-22(20)33-24)25-23(29)30-11-16-14-9-5-3-7-12(14)13-8-4-6-10-15(13)16/h3-10,16-20,22,26H,11H2,1-2H3,(H,25,29)(H,27,28)/t17-,18+,19+,20-,22-/m1/s1. The lowest BCUT2D eigenvalue weighted by Gasteiger charge is -2.27. The van der Waals surface area contributed by atoms with E-state index in [1.54, 1.807) is 13.8 Å². The second-order valence-corrected chi connectivity index (χ2v) is 8.85. The van der Waals surface area contributed by atoms with Crippen molar-refractivity contribution >= 4 is 12.1 Å². The zero-order valence-electron chi connectivity index (χ0n) is 18.1. The summed E-state index contributed by atoms with van der Waals surface area (Å²) in [7, 11) is 0. The predicted octanol–water partition coefficient (Wildman–Crippen LogP) is 2.22. The molecule has 1 aliphatic carbocycles. The van der Waals surface area contributed by atoms with Crippen LogP contribution in [0.1, 0.15) is 30.9 Å². The molecule has 5 atom stereocenters. The topological polar surface area (TPSA) is 124 Å². The van der Waals surface area contributed by atoms with Gasteiger partial charge in [0.25, 0.3) is 0 Å². The number of rotatable bonds is 5. The summed E-state index contributed by atoms with van der Waals surface area (Å²) in [4.78, 5) is 24.1. The van der Waals surface area contributed by atoms with Crippen molar-refractivity contribution in [2.75, 3.05) is 6.61 Å². The van der Waals surface area contributed by atoms with Gasteiger partial charge in [-0.3, -0.25) is 0 Å². The van der Waals surface area contributed by atoms with Crippen LogP contribution in [0, 0.1) is 0 Å². The Morgan fingerprint density at radius 2 is 1.67 bits per heavy atom. The molecule has 2 fully saturated rings. The Hall–Kier alpha value is -2.98. The van der Waals surface area contributed by atoms with Gasteiger partial charge in [-0.15, -0.1) is 0 Å². The minimum Gasteiger partial charge on any atom is -0.479 e. The lowest BCUT2D eigenvalue weighted by molar-refractivity contribution is -0.218. The maximum Gasteiger partial charge on any atom is 0.407 e. The summed E-state index contributed by atoms with van der Waals surface area (Å²) in [5.74, 6) is -2.57. The molecule has 5 rings (SSSR count). The highest BCUT2D eigenvalue weighted by Gasteiger charge is 2.58. The van der Waals surface area contributed by atoms with Crippen molar-refractivity contribution in [3.63, 3.8) is 0 Å². The van der Waals surface area contributed by atoms with Crippen molar-refractivity contribution in [2.24, 2.45) is 0 Å². The third-order valence-electron chi connectivity index (χ3n) is 6.28. The van der Waals surface area contributed by atoms with Gasteiger partial charge < -0.3 is 34.5 Å². The number of nitrogens with one attached hydrogen (secondary N) is 1. The summed E-state index contributed by atoms with van der Waals surface area (Å²) >= 11 is 0. The highest BCUT2D eigenvalue weighted by Crippen LogP contribution is 2.44. The van der Waals surface area contributed by atoms with Gasteiger partial charge in [0.1, 0.15) is 18.8 Å². The number of benzene rings is 2. The largest absolute Gasteiger partial charge is 0.479 e. The zero-order chi connectivity index (χ0) is 23.3. The highest BCUT2D eigenvalue weighted by atomic mass is 16.8. The van der Waals surface area contributed by atoms with E-state index in [9.17, 15) is 19.8 Å². The summed E-state index contributed by atoms with van der Waals surface area (Å²) in [6.45, 7) is 3.46. The molecule has 0 unspecified atom stereocenters. The van der Waals surface area contributed by atoms with Crippen LogP contribution in [0.5, 0.6) is 0 Å². The Bertz CT molecular complexity index is 1040. The minimum absolute atomic E-state index is 0.0938. The van der Waals surface area contributed by atoms with Gasteiger partial charge in [-0.1, -0.05) is 48.5 Å². The number of carboxylic acids is 1. The van der Waals surface area contributed by atoms with Crippen LogP contribution in [-0.2, 0) is 23.7 Å². The first-order chi connectivity index (χ1) is 15.7. The average molecular weight is 455 g/mol. The second kappa shape index (κ2) is 8.11. The second-order valence-electron chi connectivity index (χ2n) is 8.85. The van der Waals surface area contributed by atoms with Gasteiger partial charge in [0, 0.05) is 5.92 Å². The van der Waals surface area contributed by atoms with Gasteiger partial charge in [-0.2, -0.15) is 0 Å². The first-order valence-electron chi connectivity index (χ1n) is 10.8. The summed E-state index contributed by atoms with van der Waals surface area (Å²) in [5.41, 5.74) is 4.36. The molecule has 2 aliphatic heterocycles. The number of hydrogen-bond donors (Lipinski definition) is 3. The lowest BCUT2D eigenvalue weighted by atomic mass is 9.98. The Kier molecular flexibility index (Phi) is 5.37. The number of hydrogen-bond acceptors (Lipinski definition) is 7. The summed E-state index contributed by atoms with van der Waals surface area (Å²) in [6, 6.07) is 15.0. The molecule has 0 aromatic heterocycles. The number of amides is 1. The van der Waals surface area contributed by atoms with E-state index >= 15 is 0 Å². The summed E-state index contributed by atoms with van der Waals surface area (Å²) in [5, 5.41) is 22.0. The number of aliphatic hydroxyl groups is 1. The summed E-state index contributed by atoms with van der Waals surface area (Å²) < 4.78 is 22.6. The minimum atomic E-state index is -1.87. The molecule has 3 N–H and O–H groups in total. The van der Waals surface area contributed by atoms with Gasteiger partial charge in [0.15, 0.2) is 18.2 Å². The van der Waals surface area contributed by atoms with Crippen LogP contribution in [-0.4, -0.2) is 65.3 Å². The molecular weight excluding hydrogens is 430 g/mol. The molecule has 2 saturated heterocycles. The van der Waals surface area contributed by atoms with Crippen molar-refractivity contribution in [3.8, 4) is 11.1 Å². The van der Waals surface area contributed by atoms with Crippen LogP contribution in [0.25, 0.3) is 11.1 Å². The lowest BCUT2D eigenvalue weighted by Crippen LogP contribution is -2.53. The molecule has 9 heteroatoms. The number of alkyl carbamates (subject to hydrolysis) is 1. The van der Waals surface area contributed by atoms with E-state index in [4.69, 9.17) is 18.9 Å². The van der Waals surface area contributed by atoms with Crippen molar-refractivity contribution in [2.45, 2.75) is 56.2 Å². The molecule has 174 valence electrons. The van der Waals surface area contributed by atoms with E-state index in [2.05, 4.69) is 5.32 Å². The Morgan fingerprint density at radius 3 is 2.27 bits per heavy atom. The van der Waals surface area contributed by atoms with E-state index in [0.29, 0.717) is 0 Å². The van der Waals surface area contributed by atoms with Crippen molar-refractivity contribution in [1.82, 2.24) is 5.32 Å². The normalized spacial score (nSPS) is 28.0. The van der Waals surface area contributed by atoms with Gasteiger partial charge in [0.2, 0.25) is 0 Å². The molecule has 0 saturated carbocycles. The number of carboxylic acid groups (broad SMARTS) is 1. The molecule has 3 aliphatic rings. The number of ether oxygens (including phenoxy) is 4. The van der Waals surface area contributed by atoms with Crippen LogP contribution in [0.4, 0.5) is 4.79 Å². The molecule has 33 heavy (non-hydrogen) atoms. The van der Waals surface area contributed by atoms with Crippen molar-refractivity contribution in [1.29, 1.82) is 0 Å². The Labute approximate surface area is 190 Å². The molecule has 1 amide bonds. The third-order valence-corrected chi connectivity index (χ3v) is 6.28. The molecular formula is C24H25NO8. The van der Waals surface area contributed by atoms with E-state index < -0.39 is 48.5 Å². The van der Waals surface area contributed by atoms with E-state index in [0.717, 1.165) is 22.3 Å². The fraction of sp³-hybridized carbons (Fsp3) is 0.417. The van der Waals surface area contributed by atoms with Crippen LogP contribution >= 0.6 is 0 Å². The fourth-order valence-corrected chi connectivity index (χ4v) is 4.88. The Balaban J connectivity index is 1.31.